The van der Waals surface area contributed by atoms with E-state index in [0.717, 1.165) is 76.0 Å². The van der Waals surface area contributed by atoms with Crippen LogP contribution in [0.2, 0.25) is 0 Å². The molecule has 256 valence electrons. The molecule has 47 heavy (non-hydrogen) atoms. The van der Waals surface area contributed by atoms with E-state index in [1.165, 1.54) is 30.4 Å². The maximum atomic E-state index is 14.8. The van der Waals surface area contributed by atoms with Crippen molar-refractivity contribution in [3.63, 3.8) is 0 Å². The number of pyridine rings is 1. The van der Waals surface area contributed by atoms with Crippen molar-refractivity contribution < 1.29 is 10.0 Å². The second kappa shape index (κ2) is 11.3. The molecule has 6 aliphatic rings. The van der Waals surface area contributed by atoms with Crippen molar-refractivity contribution in [3.8, 4) is 0 Å². The second-order valence-electron chi connectivity index (χ2n) is 18.2. The molecule has 7 rings (SSSR count). The molecule has 5 saturated carbocycles. The molecule has 1 amide bonds. The molecule has 1 aromatic heterocycles. The molecule has 1 saturated heterocycles. The van der Waals surface area contributed by atoms with Gasteiger partial charge in [0.05, 0.1) is 11.1 Å². The summed E-state index contributed by atoms with van der Waals surface area (Å²) >= 11 is 0. The van der Waals surface area contributed by atoms with E-state index in [4.69, 9.17) is 0 Å². The molecule has 6 nitrogen and oxygen atoms in total. The first-order valence-corrected chi connectivity index (χ1v) is 18.7. The molecule has 0 bridgehead atoms. The number of piperazine rings is 1. The minimum Gasteiger partial charge on any atom is -0.411 e. The minimum atomic E-state index is -0.229. The average molecular weight is 641 g/mol. The molecule has 9 atom stereocenters. The van der Waals surface area contributed by atoms with Crippen molar-refractivity contribution in [2.45, 2.75) is 99.3 Å². The Labute approximate surface area is 284 Å². The largest absolute Gasteiger partial charge is 0.411 e. The lowest BCUT2D eigenvalue weighted by molar-refractivity contribution is -0.226. The molecule has 5 aliphatic carbocycles. The van der Waals surface area contributed by atoms with Crippen molar-refractivity contribution in [1.82, 2.24) is 14.8 Å². The van der Waals surface area contributed by atoms with Crippen molar-refractivity contribution in [1.29, 1.82) is 0 Å². The summed E-state index contributed by atoms with van der Waals surface area (Å²) in [6.07, 6.45) is 16.0. The number of amides is 1. The highest BCUT2D eigenvalue weighted by atomic mass is 16.4. The highest BCUT2D eigenvalue weighted by molar-refractivity contribution is 6.08. The van der Waals surface area contributed by atoms with Gasteiger partial charge in [0, 0.05) is 44.0 Å². The van der Waals surface area contributed by atoms with Gasteiger partial charge < -0.3 is 15.0 Å². The number of likely N-dealkylation sites (N-methyl/N-ethyl adjacent to an activating group) is 1. The van der Waals surface area contributed by atoms with E-state index in [9.17, 15) is 10.0 Å². The fourth-order valence-electron chi connectivity index (χ4n) is 13.7. The van der Waals surface area contributed by atoms with E-state index in [1.807, 2.05) is 12.4 Å². The number of hydrogen-bond acceptors (Lipinski definition) is 5. The maximum absolute atomic E-state index is 14.8. The summed E-state index contributed by atoms with van der Waals surface area (Å²) in [5.74, 6) is 2.87. The SMILES string of the molecule is C=C(C)[C@@H]1CC[C@]2(C(=O)N3CCN(C)CC3)CC[C@]3(C)[C@H](CC[C@@H]4[C@@]5(C)CC(=C/c6ccncc6)/C(=N/O)C(C)(C)[C@@H]5CC[C@]43C)[C@@H]12. The highest BCUT2D eigenvalue weighted by Gasteiger charge is 2.72. The Morgan fingerprint density at radius 3 is 2.30 bits per heavy atom. The summed E-state index contributed by atoms with van der Waals surface area (Å²) in [6, 6.07) is 4.11. The van der Waals surface area contributed by atoms with E-state index in [-0.39, 0.29) is 27.1 Å². The third-order valence-electron chi connectivity index (χ3n) is 16.1. The van der Waals surface area contributed by atoms with Crippen LogP contribution in [-0.2, 0) is 4.79 Å². The molecule has 0 aromatic carbocycles. The summed E-state index contributed by atoms with van der Waals surface area (Å²) in [6.45, 7) is 23.1. The minimum absolute atomic E-state index is 0.0884. The van der Waals surface area contributed by atoms with Crippen LogP contribution in [0, 0.1) is 56.7 Å². The number of rotatable bonds is 3. The monoisotopic (exact) mass is 640 g/mol. The molecule has 1 aliphatic heterocycles. The summed E-state index contributed by atoms with van der Waals surface area (Å²) in [7, 11) is 2.18. The van der Waals surface area contributed by atoms with Gasteiger partial charge in [-0.3, -0.25) is 9.78 Å². The molecular formula is C41H60N4O2. The fourth-order valence-corrected chi connectivity index (χ4v) is 13.7. The van der Waals surface area contributed by atoms with Crippen LogP contribution in [0.5, 0.6) is 0 Å². The lowest BCUT2D eigenvalue weighted by atomic mass is 9.32. The van der Waals surface area contributed by atoms with Crippen LogP contribution in [0.25, 0.3) is 6.08 Å². The van der Waals surface area contributed by atoms with Crippen LogP contribution >= 0.6 is 0 Å². The zero-order chi connectivity index (χ0) is 33.6. The number of aromatic nitrogens is 1. The Bertz CT molecular complexity index is 1480. The number of oxime groups is 1. The molecular weight excluding hydrogens is 580 g/mol. The van der Waals surface area contributed by atoms with Crippen LogP contribution in [0.1, 0.15) is 105 Å². The van der Waals surface area contributed by atoms with Gasteiger partial charge in [-0.1, -0.05) is 51.9 Å². The van der Waals surface area contributed by atoms with Gasteiger partial charge in [0.2, 0.25) is 5.91 Å². The zero-order valence-electron chi connectivity index (χ0n) is 30.3. The van der Waals surface area contributed by atoms with Crippen LogP contribution in [0.3, 0.4) is 0 Å². The van der Waals surface area contributed by atoms with Gasteiger partial charge in [-0.15, -0.1) is 0 Å². The van der Waals surface area contributed by atoms with Gasteiger partial charge in [-0.2, -0.15) is 0 Å². The van der Waals surface area contributed by atoms with E-state index in [1.54, 1.807) is 0 Å². The lowest BCUT2D eigenvalue weighted by Gasteiger charge is -2.72. The summed E-state index contributed by atoms with van der Waals surface area (Å²) in [5.41, 5.74) is 4.43. The number of nitrogens with zero attached hydrogens (tertiary/aromatic N) is 4. The predicted molar refractivity (Wildman–Crippen MR) is 190 cm³/mol. The highest BCUT2D eigenvalue weighted by Crippen LogP contribution is 2.77. The third-order valence-corrected chi connectivity index (χ3v) is 16.1. The van der Waals surface area contributed by atoms with E-state index < -0.39 is 0 Å². The fraction of sp³-hybridized carbons (Fsp3) is 0.732. The van der Waals surface area contributed by atoms with Gasteiger partial charge in [-0.05, 0) is 147 Å². The topological polar surface area (TPSA) is 69.0 Å². The molecule has 6 fully saturated rings. The van der Waals surface area contributed by atoms with Gasteiger partial charge in [0.15, 0.2) is 0 Å². The van der Waals surface area contributed by atoms with Crippen molar-refractivity contribution in [2.75, 3.05) is 33.2 Å². The number of fused-ring (bicyclic) bond motifs is 7. The lowest BCUT2D eigenvalue weighted by Crippen LogP contribution is -2.67. The van der Waals surface area contributed by atoms with Crippen LogP contribution in [0.15, 0.2) is 47.4 Å². The Morgan fingerprint density at radius 1 is 0.936 bits per heavy atom. The van der Waals surface area contributed by atoms with E-state index in [2.05, 4.69) is 93.3 Å². The van der Waals surface area contributed by atoms with Crippen molar-refractivity contribution >= 4 is 17.7 Å². The first-order chi connectivity index (χ1) is 22.2. The Kier molecular flexibility index (Phi) is 7.93. The standard InChI is InChI=1S/C41H60N4O2/c1-27(2)30-11-16-41(36(46)45-23-21-44(8)22-24-45)18-17-39(6)31(34(30)41)9-10-33-38(5)26-29(25-28-13-19-42-20-14-28)35(43-47)37(3,4)32(38)12-15-40(33,39)7/h13-14,19-20,25,30-34,47H,1,9-12,15-18,21-24,26H2,2-8H3/b29-25-,43-35-/t30-,31+,32-,33+,34+,38-,39+,40+,41-/m0/s1. The molecule has 0 radical (unpaired) electrons. The first-order valence-electron chi connectivity index (χ1n) is 18.7. The average Bonchev–Trinajstić information content (AvgIpc) is 3.43. The summed E-state index contributed by atoms with van der Waals surface area (Å²) in [5, 5.41) is 14.5. The van der Waals surface area contributed by atoms with Crippen LogP contribution < -0.4 is 0 Å². The Morgan fingerprint density at radius 2 is 1.64 bits per heavy atom. The number of allylic oxidation sites excluding steroid dienone is 2. The normalized spacial score (nSPS) is 44.7. The molecule has 0 unspecified atom stereocenters. The summed E-state index contributed by atoms with van der Waals surface area (Å²) < 4.78 is 0. The number of hydrogen-bond donors (Lipinski definition) is 1. The number of carbonyl (C=O) groups excluding carboxylic acids is 1. The summed E-state index contributed by atoms with van der Waals surface area (Å²) in [4.78, 5) is 23.6. The van der Waals surface area contributed by atoms with Crippen LogP contribution in [0.4, 0.5) is 0 Å². The van der Waals surface area contributed by atoms with Gasteiger partial charge in [0.1, 0.15) is 0 Å². The van der Waals surface area contributed by atoms with Gasteiger partial charge in [-0.25, -0.2) is 0 Å². The first kappa shape index (κ1) is 33.0. The second-order valence-corrected chi connectivity index (χ2v) is 18.2. The Balaban J connectivity index is 1.27. The third kappa shape index (κ3) is 4.62. The Hall–Kier alpha value is -2.47. The van der Waals surface area contributed by atoms with Crippen molar-refractivity contribution in [3.05, 3.63) is 47.8 Å². The van der Waals surface area contributed by atoms with Crippen molar-refractivity contribution in [2.24, 2.45) is 61.8 Å². The molecule has 1 aromatic rings. The quantitative estimate of drug-likeness (QED) is 0.205. The van der Waals surface area contributed by atoms with E-state index >= 15 is 0 Å². The molecule has 0 spiro atoms. The predicted octanol–water partition coefficient (Wildman–Crippen LogP) is 8.34. The van der Waals surface area contributed by atoms with Crippen LogP contribution in [-0.4, -0.2) is 64.8 Å². The molecule has 6 heteroatoms. The zero-order valence-corrected chi connectivity index (χ0v) is 30.3. The molecule has 2 heterocycles. The maximum Gasteiger partial charge on any atom is 0.229 e. The van der Waals surface area contributed by atoms with E-state index in [0.29, 0.717) is 35.5 Å². The smallest absolute Gasteiger partial charge is 0.229 e. The van der Waals surface area contributed by atoms with Gasteiger partial charge >= 0.3 is 0 Å². The van der Waals surface area contributed by atoms with Gasteiger partial charge in [0.25, 0.3) is 0 Å². The molecule has 1 N–H and O–H groups in total. The number of carbonyl (C=O) groups is 1.